The van der Waals surface area contributed by atoms with Gasteiger partial charge in [0.25, 0.3) is 0 Å². The Morgan fingerprint density at radius 2 is 1.74 bits per heavy atom. The highest BCUT2D eigenvalue weighted by molar-refractivity contribution is 5.93. The van der Waals surface area contributed by atoms with Crippen LogP contribution in [0.2, 0.25) is 0 Å². The van der Waals surface area contributed by atoms with Crippen molar-refractivity contribution in [1.29, 1.82) is 0 Å². The molecule has 1 unspecified atom stereocenters. The van der Waals surface area contributed by atoms with Gasteiger partial charge < -0.3 is 15.4 Å². The van der Waals surface area contributed by atoms with E-state index in [1.807, 2.05) is 46.8 Å². The Morgan fingerprint density at radius 1 is 1.10 bits per heavy atom. The van der Waals surface area contributed by atoms with Crippen LogP contribution in [0.5, 0.6) is 0 Å². The monoisotopic (exact) mass is 424 g/mol. The van der Waals surface area contributed by atoms with Crippen molar-refractivity contribution in [2.75, 3.05) is 13.6 Å². The molecule has 2 N–H and O–H groups in total. The molecule has 0 aromatic heterocycles. The molecule has 1 aliphatic rings. The first-order chi connectivity index (χ1) is 14.7. The zero-order chi connectivity index (χ0) is 23.2. The lowest BCUT2D eigenvalue weighted by atomic mass is 9.79. The number of rotatable bonds is 4. The van der Waals surface area contributed by atoms with Gasteiger partial charge in [-0.15, -0.1) is 0 Å². The largest absolute Gasteiger partial charge is 0.444 e. The Kier molecular flexibility index (Phi) is 8.26. The third kappa shape index (κ3) is 6.33. The normalized spacial score (nSPS) is 15.2. The molecule has 2 aromatic rings. The van der Waals surface area contributed by atoms with E-state index in [4.69, 9.17) is 10.5 Å². The molecule has 3 rings (SSSR count). The van der Waals surface area contributed by atoms with E-state index in [1.165, 1.54) is 16.7 Å². The Labute approximate surface area is 186 Å². The number of primary amides is 1. The zero-order valence-electron chi connectivity index (χ0n) is 19.7. The van der Waals surface area contributed by atoms with Crippen molar-refractivity contribution in [3.8, 4) is 11.1 Å². The van der Waals surface area contributed by atoms with Gasteiger partial charge >= 0.3 is 6.09 Å². The maximum Gasteiger partial charge on any atom is 0.410 e. The molecule has 2 amide bonds. The fourth-order valence-corrected chi connectivity index (χ4v) is 3.97. The number of ether oxygens (including phenoxy) is 1. The fourth-order valence-electron chi connectivity index (χ4n) is 3.97. The number of nitrogens with two attached hydrogens (primary N) is 1. The summed E-state index contributed by atoms with van der Waals surface area (Å²) in [6, 6.07) is 13.8. The van der Waals surface area contributed by atoms with Gasteiger partial charge in [-0.3, -0.25) is 4.79 Å². The van der Waals surface area contributed by atoms with E-state index < -0.39 is 11.5 Å². The van der Waals surface area contributed by atoms with E-state index in [0.29, 0.717) is 12.1 Å². The highest BCUT2D eigenvalue weighted by Crippen LogP contribution is 2.38. The van der Waals surface area contributed by atoms with E-state index in [2.05, 4.69) is 18.2 Å². The molecule has 0 radical (unpaired) electrons. The standard InChI is InChI=1S/C24H30N2O3.C2H6/c1-24(2,3)29-23(28)26(4)15-18-7-5-10-21-19(8-6-9-20(18)21)16-11-13-17(14-12-16)22(25)27;1-2/h6,8-9,11-14,18H,5,7,10,15H2,1-4H3,(H2,25,27);1-2H3. The summed E-state index contributed by atoms with van der Waals surface area (Å²) < 4.78 is 5.50. The van der Waals surface area contributed by atoms with Crippen molar-refractivity contribution < 1.29 is 14.3 Å². The molecule has 0 aliphatic heterocycles. The molecule has 1 atom stereocenters. The summed E-state index contributed by atoms with van der Waals surface area (Å²) in [5, 5.41) is 0. The van der Waals surface area contributed by atoms with Crippen molar-refractivity contribution >= 4 is 12.0 Å². The van der Waals surface area contributed by atoms with Crippen LogP contribution < -0.4 is 5.73 Å². The van der Waals surface area contributed by atoms with E-state index >= 15 is 0 Å². The second-order valence-electron chi connectivity index (χ2n) is 8.76. The first kappa shape index (κ1) is 24.4. The lowest BCUT2D eigenvalue weighted by Gasteiger charge is -2.32. The Morgan fingerprint density at radius 3 is 2.32 bits per heavy atom. The predicted octanol–water partition coefficient (Wildman–Crippen LogP) is 5.77. The summed E-state index contributed by atoms with van der Waals surface area (Å²) in [5.41, 5.74) is 10.3. The van der Waals surface area contributed by atoms with Gasteiger partial charge in [-0.2, -0.15) is 0 Å². The highest BCUT2D eigenvalue weighted by Gasteiger charge is 2.27. The molecule has 0 fully saturated rings. The quantitative estimate of drug-likeness (QED) is 0.677. The average molecular weight is 425 g/mol. The number of hydrogen-bond donors (Lipinski definition) is 1. The van der Waals surface area contributed by atoms with Crippen LogP contribution in [-0.4, -0.2) is 36.1 Å². The van der Waals surface area contributed by atoms with Gasteiger partial charge in [-0.1, -0.05) is 44.2 Å². The summed E-state index contributed by atoms with van der Waals surface area (Å²) in [4.78, 5) is 25.4. The molecule has 1 aliphatic carbocycles. The number of fused-ring (bicyclic) bond motifs is 1. The summed E-state index contributed by atoms with van der Waals surface area (Å²) in [5.74, 6) is -0.141. The lowest BCUT2D eigenvalue weighted by Crippen LogP contribution is -2.37. The smallest absolute Gasteiger partial charge is 0.410 e. The van der Waals surface area contributed by atoms with Crippen LogP contribution in [0.15, 0.2) is 42.5 Å². The minimum absolute atomic E-state index is 0.279. The first-order valence-electron chi connectivity index (χ1n) is 11.1. The minimum atomic E-state index is -0.500. The molecular weight excluding hydrogens is 388 g/mol. The van der Waals surface area contributed by atoms with Crippen LogP contribution >= 0.6 is 0 Å². The number of likely N-dealkylation sites (N-methyl/N-ethyl adjacent to an activating group) is 1. The predicted molar refractivity (Wildman–Crippen MR) is 126 cm³/mol. The van der Waals surface area contributed by atoms with Crippen LogP contribution in [0, 0.1) is 0 Å². The molecule has 0 saturated heterocycles. The second-order valence-corrected chi connectivity index (χ2v) is 8.76. The number of carbonyl (C=O) groups is 2. The van der Waals surface area contributed by atoms with Crippen LogP contribution in [0.1, 0.15) is 74.9 Å². The number of hydrogen-bond acceptors (Lipinski definition) is 3. The van der Waals surface area contributed by atoms with Crippen molar-refractivity contribution in [1.82, 2.24) is 4.90 Å². The maximum atomic E-state index is 12.4. The van der Waals surface area contributed by atoms with Crippen molar-refractivity contribution in [2.45, 2.75) is 65.4 Å². The van der Waals surface area contributed by atoms with Crippen LogP contribution in [0.25, 0.3) is 11.1 Å². The van der Waals surface area contributed by atoms with E-state index in [9.17, 15) is 9.59 Å². The molecule has 0 spiro atoms. The number of benzene rings is 2. The third-order valence-corrected chi connectivity index (χ3v) is 5.31. The van der Waals surface area contributed by atoms with Gasteiger partial charge in [0.2, 0.25) is 5.91 Å². The van der Waals surface area contributed by atoms with Gasteiger partial charge in [0, 0.05) is 25.1 Å². The SMILES string of the molecule is CC.CN(CC1CCCc2c(-c3ccc(C(N)=O)cc3)cccc21)C(=O)OC(C)(C)C. The van der Waals surface area contributed by atoms with Gasteiger partial charge in [0.15, 0.2) is 0 Å². The highest BCUT2D eigenvalue weighted by atomic mass is 16.6. The Bertz CT molecular complexity index is 898. The van der Waals surface area contributed by atoms with E-state index in [1.54, 1.807) is 24.1 Å². The van der Waals surface area contributed by atoms with Crippen LogP contribution in [-0.2, 0) is 11.2 Å². The lowest BCUT2D eigenvalue weighted by molar-refractivity contribution is 0.0286. The Balaban J connectivity index is 0.00000166. The van der Waals surface area contributed by atoms with E-state index in [0.717, 1.165) is 24.8 Å². The Hall–Kier alpha value is -2.82. The first-order valence-corrected chi connectivity index (χ1v) is 11.1. The molecule has 5 nitrogen and oxygen atoms in total. The van der Waals surface area contributed by atoms with Crippen molar-refractivity contribution in [3.05, 3.63) is 59.2 Å². The molecule has 0 bridgehead atoms. The van der Waals surface area contributed by atoms with Crippen LogP contribution in [0.3, 0.4) is 0 Å². The molecule has 0 heterocycles. The average Bonchev–Trinajstić information content (AvgIpc) is 2.74. The summed E-state index contributed by atoms with van der Waals surface area (Å²) >= 11 is 0. The summed E-state index contributed by atoms with van der Waals surface area (Å²) in [7, 11) is 1.80. The number of nitrogens with zero attached hydrogens (tertiary/aromatic N) is 1. The second kappa shape index (κ2) is 10.5. The maximum absolute atomic E-state index is 12.4. The van der Waals surface area contributed by atoms with Gasteiger partial charge in [-0.25, -0.2) is 4.79 Å². The van der Waals surface area contributed by atoms with Gasteiger partial charge in [-0.05, 0) is 74.4 Å². The number of carbonyl (C=O) groups excluding carboxylic acids is 2. The zero-order valence-corrected chi connectivity index (χ0v) is 19.7. The number of amides is 2. The minimum Gasteiger partial charge on any atom is -0.444 e. The van der Waals surface area contributed by atoms with E-state index in [-0.39, 0.29) is 12.0 Å². The molecule has 31 heavy (non-hydrogen) atoms. The van der Waals surface area contributed by atoms with Crippen molar-refractivity contribution in [3.63, 3.8) is 0 Å². The van der Waals surface area contributed by atoms with Crippen molar-refractivity contribution in [2.24, 2.45) is 5.73 Å². The van der Waals surface area contributed by atoms with Crippen LogP contribution in [0.4, 0.5) is 4.79 Å². The molecule has 0 saturated carbocycles. The molecule has 2 aromatic carbocycles. The molecule has 168 valence electrons. The molecule has 5 heteroatoms. The van der Waals surface area contributed by atoms with Gasteiger partial charge in [0.1, 0.15) is 5.60 Å². The third-order valence-electron chi connectivity index (χ3n) is 5.31. The topological polar surface area (TPSA) is 72.6 Å². The summed E-state index contributed by atoms with van der Waals surface area (Å²) in [6.45, 7) is 10.3. The summed E-state index contributed by atoms with van der Waals surface area (Å²) in [6.07, 6.45) is 2.85. The fraction of sp³-hybridized carbons (Fsp3) is 0.462. The molecular formula is C26H36N2O3. The van der Waals surface area contributed by atoms with Gasteiger partial charge in [0.05, 0.1) is 0 Å².